The first-order valence-electron chi connectivity index (χ1n) is 7.85. The van der Waals surface area contributed by atoms with Crippen molar-refractivity contribution in [1.29, 1.82) is 0 Å². The zero-order valence-electron chi connectivity index (χ0n) is 14.8. The predicted molar refractivity (Wildman–Crippen MR) is 102 cm³/mol. The summed E-state index contributed by atoms with van der Waals surface area (Å²) in [5.41, 5.74) is 2.34. The first kappa shape index (κ1) is 19.8. The van der Waals surface area contributed by atoms with Gasteiger partial charge >= 0.3 is 5.97 Å². The Labute approximate surface area is 160 Å². The van der Waals surface area contributed by atoms with Gasteiger partial charge in [0.1, 0.15) is 0 Å². The van der Waals surface area contributed by atoms with Gasteiger partial charge in [0.25, 0.3) is 5.91 Å². The number of halogens is 1. The Morgan fingerprint density at radius 1 is 1.04 bits per heavy atom. The Morgan fingerprint density at radius 3 is 2.42 bits per heavy atom. The molecular weight excluding hydrogens is 402 g/mol. The number of ether oxygens (including phenoxy) is 3. The zero-order valence-corrected chi connectivity index (χ0v) is 16.4. The summed E-state index contributed by atoms with van der Waals surface area (Å²) in [6.45, 7) is 1.57. The van der Waals surface area contributed by atoms with Crippen LogP contribution in [0.4, 0.5) is 5.69 Å². The molecule has 7 heteroatoms. The average Bonchev–Trinajstić information content (AvgIpc) is 2.63. The minimum absolute atomic E-state index is 0.0328. The molecule has 0 saturated heterocycles. The molecule has 0 bridgehead atoms. The Bertz CT molecular complexity index is 807. The predicted octanol–water partition coefficient (Wildman–Crippen LogP) is 3.50. The summed E-state index contributed by atoms with van der Waals surface area (Å²) in [6, 6.07) is 10.6. The van der Waals surface area contributed by atoms with Crippen molar-refractivity contribution in [2.45, 2.75) is 13.3 Å². The summed E-state index contributed by atoms with van der Waals surface area (Å²) in [7, 11) is 3.06. The molecule has 0 atom stereocenters. The van der Waals surface area contributed by atoms with Gasteiger partial charge in [0, 0.05) is 10.2 Å². The highest BCUT2D eigenvalue weighted by atomic mass is 79.9. The van der Waals surface area contributed by atoms with Crippen LogP contribution in [0.3, 0.4) is 0 Å². The molecule has 0 aliphatic heterocycles. The fourth-order valence-electron chi connectivity index (χ4n) is 2.27. The van der Waals surface area contributed by atoms with Gasteiger partial charge in [-0.05, 0) is 48.4 Å². The number of anilines is 1. The molecule has 1 amide bonds. The van der Waals surface area contributed by atoms with Crippen molar-refractivity contribution >= 4 is 33.5 Å². The summed E-state index contributed by atoms with van der Waals surface area (Å²) in [4.78, 5) is 23.9. The van der Waals surface area contributed by atoms with Gasteiger partial charge in [0.15, 0.2) is 18.1 Å². The summed E-state index contributed by atoms with van der Waals surface area (Å²) in [5, 5.41) is 2.69. The van der Waals surface area contributed by atoms with Crippen LogP contribution in [-0.4, -0.2) is 32.7 Å². The van der Waals surface area contributed by atoms with E-state index in [1.54, 1.807) is 24.3 Å². The van der Waals surface area contributed by atoms with E-state index in [1.807, 2.05) is 19.1 Å². The maximum Gasteiger partial charge on any atom is 0.310 e. The van der Waals surface area contributed by atoms with E-state index in [0.717, 1.165) is 10.0 Å². The Hall–Kier alpha value is -2.54. The van der Waals surface area contributed by atoms with Crippen molar-refractivity contribution in [3.63, 3.8) is 0 Å². The molecule has 0 heterocycles. The van der Waals surface area contributed by atoms with Gasteiger partial charge in [0.2, 0.25) is 0 Å². The third-order valence-corrected chi connectivity index (χ3v) is 4.49. The van der Waals surface area contributed by atoms with Gasteiger partial charge < -0.3 is 19.5 Å². The fraction of sp³-hybridized carbons (Fsp3) is 0.263. The van der Waals surface area contributed by atoms with Crippen molar-refractivity contribution in [3.05, 3.63) is 52.0 Å². The molecule has 0 radical (unpaired) electrons. The molecule has 0 aromatic heterocycles. The lowest BCUT2D eigenvalue weighted by Crippen LogP contribution is -2.21. The van der Waals surface area contributed by atoms with E-state index in [-0.39, 0.29) is 13.0 Å². The van der Waals surface area contributed by atoms with E-state index in [0.29, 0.717) is 22.7 Å². The molecule has 6 nitrogen and oxygen atoms in total. The third kappa shape index (κ3) is 5.49. The van der Waals surface area contributed by atoms with Crippen molar-refractivity contribution < 1.29 is 23.8 Å². The van der Waals surface area contributed by atoms with Crippen LogP contribution in [0.15, 0.2) is 40.9 Å². The summed E-state index contributed by atoms with van der Waals surface area (Å²) in [5.74, 6) is 0.210. The number of carbonyl (C=O) groups excluding carboxylic acids is 2. The molecule has 0 aliphatic carbocycles. The SMILES string of the molecule is COc1ccc(CC(=O)OCC(=O)Nc2ccc(Br)c(C)c2)cc1OC. The molecule has 26 heavy (non-hydrogen) atoms. The molecule has 2 aromatic rings. The molecule has 0 spiro atoms. The number of esters is 1. The van der Waals surface area contributed by atoms with Crippen LogP contribution < -0.4 is 14.8 Å². The second-order valence-electron chi connectivity index (χ2n) is 5.54. The number of hydrogen-bond acceptors (Lipinski definition) is 5. The largest absolute Gasteiger partial charge is 0.493 e. The van der Waals surface area contributed by atoms with Crippen LogP contribution in [0.25, 0.3) is 0 Å². The van der Waals surface area contributed by atoms with Gasteiger partial charge in [-0.25, -0.2) is 0 Å². The van der Waals surface area contributed by atoms with E-state index >= 15 is 0 Å². The van der Waals surface area contributed by atoms with Crippen molar-refractivity contribution in [2.75, 3.05) is 26.1 Å². The number of carbonyl (C=O) groups is 2. The molecular formula is C19H20BrNO5. The molecule has 1 N–H and O–H groups in total. The second-order valence-corrected chi connectivity index (χ2v) is 6.39. The number of aryl methyl sites for hydroxylation is 1. The molecule has 2 rings (SSSR count). The van der Waals surface area contributed by atoms with Crippen LogP contribution in [0.5, 0.6) is 11.5 Å². The summed E-state index contributed by atoms with van der Waals surface area (Å²) in [6.07, 6.45) is 0.0328. The summed E-state index contributed by atoms with van der Waals surface area (Å²) < 4.78 is 16.3. The topological polar surface area (TPSA) is 73.9 Å². The number of nitrogens with one attached hydrogen (secondary N) is 1. The number of rotatable bonds is 7. The lowest BCUT2D eigenvalue weighted by Gasteiger charge is -2.10. The normalized spacial score (nSPS) is 10.2. The number of amides is 1. The highest BCUT2D eigenvalue weighted by Gasteiger charge is 2.11. The van der Waals surface area contributed by atoms with Gasteiger partial charge in [-0.15, -0.1) is 0 Å². The highest BCUT2D eigenvalue weighted by Crippen LogP contribution is 2.27. The molecule has 138 valence electrons. The molecule has 2 aromatic carbocycles. The minimum atomic E-state index is -0.501. The smallest absolute Gasteiger partial charge is 0.310 e. The number of benzene rings is 2. The average molecular weight is 422 g/mol. The fourth-order valence-corrected chi connectivity index (χ4v) is 2.52. The quantitative estimate of drug-likeness (QED) is 0.692. The first-order valence-corrected chi connectivity index (χ1v) is 8.64. The Kier molecular flexibility index (Phi) is 7.03. The lowest BCUT2D eigenvalue weighted by molar-refractivity contribution is -0.146. The van der Waals surface area contributed by atoms with E-state index in [4.69, 9.17) is 14.2 Å². The number of hydrogen-bond donors (Lipinski definition) is 1. The maximum absolute atomic E-state index is 11.9. The lowest BCUT2D eigenvalue weighted by atomic mass is 10.1. The van der Waals surface area contributed by atoms with Crippen LogP contribution in [0, 0.1) is 6.92 Å². The third-order valence-electron chi connectivity index (χ3n) is 3.60. The van der Waals surface area contributed by atoms with Crippen molar-refractivity contribution in [3.8, 4) is 11.5 Å². The first-order chi connectivity index (χ1) is 12.4. The van der Waals surface area contributed by atoms with Crippen LogP contribution in [-0.2, 0) is 20.7 Å². The van der Waals surface area contributed by atoms with E-state index in [1.165, 1.54) is 14.2 Å². The molecule has 0 unspecified atom stereocenters. The van der Waals surface area contributed by atoms with E-state index in [2.05, 4.69) is 21.2 Å². The maximum atomic E-state index is 11.9. The van der Waals surface area contributed by atoms with Gasteiger partial charge in [-0.3, -0.25) is 9.59 Å². The van der Waals surface area contributed by atoms with Crippen LogP contribution >= 0.6 is 15.9 Å². The van der Waals surface area contributed by atoms with Crippen molar-refractivity contribution in [2.24, 2.45) is 0 Å². The van der Waals surface area contributed by atoms with Crippen LogP contribution in [0.2, 0.25) is 0 Å². The van der Waals surface area contributed by atoms with E-state index in [9.17, 15) is 9.59 Å². The van der Waals surface area contributed by atoms with Gasteiger partial charge in [-0.1, -0.05) is 22.0 Å². The minimum Gasteiger partial charge on any atom is -0.493 e. The number of methoxy groups -OCH3 is 2. The van der Waals surface area contributed by atoms with E-state index < -0.39 is 11.9 Å². The summed E-state index contributed by atoms with van der Waals surface area (Å²) >= 11 is 3.40. The molecule has 0 fully saturated rings. The molecule has 0 aliphatic rings. The Balaban J connectivity index is 1.86. The monoisotopic (exact) mass is 421 g/mol. The van der Waals surface area contributed by atoms with Crippen LogP contribution in [0.1, 0.15) is 11.1 Å². The van der Waals surface area contributed by atoms with Gasteiger partial charge in [-0.2, -0.15) is 0 Å². The second kappa shape index (κ2) is 9.24. The Morgan fingerprint density at radius 2 is 1.77 bits per heavy atom. The zero-order chi connectivity index (χ0) is 19.1. The standard InChI is InChI=1S/C19H20BrNO5/c1-12-8-14(5-6-15(12)20)21-18(22)11-26-19(23)10-13-4-7-16(24-2)17(9-13)25-3/h4-9H,10-11H2,1-3H3,(H,21,22). The highest BCUT2D eigenvalue weighted by molar-refractivity contribution is 9.10. The molecule has 0 saturated carbocycles. The van der Waals surface area contributed by atoms with Crippen molar-refractivity contribution in [1.82, 2.24) is 0 Å². The van der Waals surface area contributed by atoms with Gasteiger partial charge in [0.05, 0.1) is 20.6 Å².